The predicted octanol–water partition coefficient (Wildman–Crippen LogP) is 2.67. The molecule has 0 saturated heterocycles. The monoisotopic (exact) mass is 345 g/mol. The van der Waals surface area contributed by atoms with E-state index in [9.17, 15) is 4.79 Å². The number of aromatic amines is 1. The molecule has 1 aromatic carbocycles. The first-order valence-corrected chi connectivity index (χ1v) is 7.09. The van der Waals surface area contributed by atoms with Gasteiger partial charge >= 0.3 is 0 Å². The van der Waals surface area contributed by atoms with Crippen LogP contribution >= 0.6 is 15.9 Å². The van der Waals surface area contributed by atoms with Gasteiger partial charge in [-0.1, -0.05) is 30.3 Å². The third kappa shape index (κ3) is 3.19. The zero-order valence-electron chi connectivity index (χ0n) is 11.0. The van der Waals surface area contributed by atoms with E-state index in [-0.39, 0.29) is 5.91 Å². The molecule has 2 aromatic heterocycles. The first kappa shape index (κ1) is 13.6. The lowest BCUT2D eigenvalue weighted by Gasteiger charge is -2.02. The van der Waals surface area contributed by atoms with Crippen molar-refractivity contribution in [2.24, 2.45) is 0 Å². The molecule has 3 aromatic rings. The van der Waals surface area contributed by atoms with Crippen LogP contribution in [0.4, 0.5) is 5.82 Å². The fraction of sp³-hybridized carbons (Fsp3) is 0.0714. The summed E-state index contributed by atoms with van der Waals surface area (Å²) in [7, 11) is 0. The fourth-order valence-corrected chi connectivity index (χ4v) is 2.27. The SMILES string of the molecule is O=C(Nc1ccn(Cc2ccccc2)n1)c1[nH]ncc1Br. The van der Waals surface area contributed by atoms with E-state index < -0.39 is 0 Å². The molecule has 0 aliphatic heterocycles. The van der Waals surface area contributed by atoms with Gasteiger partial charge < -0.3 is 5.32 Å². The van der Waals surface area contributed by atoms with E-state index in [1.807, 2.05) is 36.5 Å². The number of halogens is 1. The largest absolute Gasteiger partial charge is 0.304 e. The van der Waals surface area contributed by atoms with Gasteiger partial charge in [0.15, 0.2) is 5.82 Å². The summed E-state index contributed by atoms with van der Waals surface area (Å²) in [6, 6.07) is 11.8. The van der Waals surface area contributed by atoms with Gasteiger partial charge in [-0.05, 0) is 21.5 Å². The van der Waals surface area contributed by atoms with Crippen molar-refractivity contribution in [3.63, 3.8) is 0 Å². The van der Waals surface area contributed by atoms with Gasteiger partial charge in [-0.3, -0.25) is 14.6 Å². The Balaban J connectivity index is 1.68. The van der Waals surface area contributed by atoms with Crippen molar-refractivity contribution < 1.29 is 4.79 Å². The molecule has 21 heavy (non-hydrogen) atoms. The predicted molar refractivity (Wildman–Crippen MR) is 82.0 cm³/mol. The van der Waals surface area contributed by atoms with E-state index >= 15 is 0 Å². The average Bonchev–Trinajstić information content (AvgIpc) is 3.09. The van der Waals surface area contributed by atoms with E-state index in [0.29, 0.717) is 22.5 Å². The summed E-state index contributed by atoms with van der Waals surface area (Å²) in [5.41, 5.74) is 1.52. The summed E-state index contributed by atoms with van der Waals surface area (Å²) < 4.78 is 2.39. The molecule has 2 heterocycles. The van der Waals surface area contributed by atoms with E-state index in [2.05, 4.69) is 36.5 Å². The number of carbonyl (C=O) groups is 1. The minimum absolute atomic E-state index is 0.288. The molecule has 0 radical (unpaired) electrons. The van der Waals surface area contributed by atoms with Gasteiger partial charge in [-0.15, -0.1) is 0 Å². The van der Waals surface area contributed by atoms with Gasteiger partial charge in [0.1, 0.15) is 5.69 Å². The van der Waals surface area contributed by atoms with Crippen LogP contribution < -0.4 is 5.32 Å². The fourth-order valence-electron chi connectivity index (χ4n) is 1.90. The summed E-state index contributed by atoms with van der Waals surface area (Å²) in [5.74, 6) is 0.210. The number of H-pyrrole nitrogens is 1. The zero-order chi connectivity index (χ0) is 14.7. The van der Waals surface area contributed by atoms with Crippen molar-refractivity contribution in [3.8, 4) is 0 Å². The molecule has 0 spiro atoms. The summed E-state index contributed by atoms with van der Waals surface area (Å²) in [5, 5.41) is 13.5. The van der Waals surface area contributed by atoms with Gasteiger partial charge in [0.05, 0.1) is 17.2 Å². The van der Waals surface area contributed by atoms with Crippen LogP contribution in [-0.2, 0) is 6.54 Å². The second-order valence-electron chi connectivity index (χ2n) is 4.43. The highest BCUT2D eigenvalue weighted by atomic mass is 79.9. The third-order valence-electron chi connectivity index (χ3n) is 2.89. The highest BCUT2D eigenvalue weighted by Gasteiger charge is 2.13. The first-order valence-electron chi connectivity index (χ1n) is 6.30. The molecule has 3 rings (SSSR count). The number of carbonyl (C=O) groups excluding carboxylic acids is 1. The molecule has 0 aliphatic rings. The van der Waals surface area contributed by atoms with Gasteiger partial charge in [-0.2, -0.15) is 10.2 Å². The highest BCUT2D eigenvalue weighted by molar-refractivity contribution is 9.10. The number of hydrogen-bond donors (Lipinski definition) is 2. The molecular weight excluding hydrogens is 334 g/mol. The van der Waals surface area contributed by atoms with E-state index in [0.717, 1.165) is 5.56 Å². The van der Waals surface area contributed by atoms with E-state index in [1.54, 1.807) is 10.7 Å². The maximum atomic E-state index is 12.0. The molecule has 0 unspecified atom stereocenters. The number of hydrogen-bond acceptors (Lipinski definition) is 3. The Bertz CT molecular complexity index is 750. The standard InChI is InChI=1S/C14H12BrN5O/c15-11-8-16-18-13(11)14(21)17-12-6-7-20(19-12)9-10-4-2-1-3-5-10/h1-8H,9H2,(H,16,18)(H,17,19,21). The molecule has 6 nitrogen and oxygen atoms in total. The van der Waals surface area contributed by atoms with Crippen molar-refractivity contribution >= 4 is 27.7 Å². The third-order valence-corrected chi connectivity index (χ3v) is 3.49. The summed E-state index contributed by atoms with van der Waals surface area (Å²) in [6.45, 7) is 0.657. The van der Waals surface area contributed by atoms with Crippen LogP contribution in [0.3, 0.4) is 0 Å². The number of amides is 1. The van der Waals surface area contributed by atoms with Crippen molar-refractivity contribution in [1.82, 2.24) is 20.0 Å². The van der Waals surface area contributed by atoms with Crippen molar-refractivity contribution in [2.75, 3.05) is 5.32 Å². The minimum Gasteiger partial charge on any atom is -0.304 e. The van der Waals surface area contributed by atoms with Crippen LogP contribution in [0.1, 0.15) is 16.1 Å². The number of aromatic nitrogens is 4. The maximum Gasteiger partial charge on any atom is 0.276 e. The summed E-state index contributed by atoms with van der Waals surface area (Å²) in [4.78, 5) is 12.0. The molecule has 106 valence electrons. The van der Waals surface area contributed by atoms with Crippen LogP contribution in [0.5, 0.6) is 0 Å². The molecule has 0 saturated carbocycles. The smallest absolute Gasteiger partial charge is 0.276 e. The quantitative estimate of drug-likeness (QED) is 0.763. The normalized spacial score (nSPS) is 10.5. The van der Waals surface area contributed by atoms with Crippen molar-refractivity contribution in [2.45, 2.75) is 6.54 Å². The second-order valence-corrected chi connectivity index (χ2v) is 5.29. The molecule has 2 N–H and O–H groups in total. The molecular formula is C14H12BrN5O. The molecule has 7 heteroatoms. The van der Waals surface area contributed by atoms with Crippen molar-refractivity contribution in [3.05, 3.63) is 64.5 Å². The van der Waals surface area contributed by atoms with Crippen LogP contribution in [0.15, 0.2) is 53.3 Å². The number of anilines is 1. The minimum atomic E-state index is -0.288. The zero-order valence-corrected chi connectivity index (χ0v) is 12.5. The first-order chi connectivity index (χ1) is 10.2. The lowest BCUT2D eigenvalue weighted by Crippen LogP contribution is -2.14. The van der Waals surface area contributed by atoms with E-state index in [4.69, 9.17) is 0 Å². The van der Waals surface area contributed by atoms with Crippen molar-refractivity contribution in [1.29, 1.82) is 0 Å². The summed E-state index contributed by atoms with van der Waals surface area (Å²) >= 11 is 3.25. The Kier molecular flexibility index (Phi) is 3.83. The highest BCUT2D eigenvalue weighted by Crippen LogP contribution is 2.14. The van der Waals surface area contributed by atoms with Gasteiger partial charge in [0, 0.05) is 12.3 Å². The van der Waals surface area contributed by atoms with Crippen LogP contribution in [-0.4, -0.2) is 25.9 Å². The number of nitrogens with zero attached hydrogens (tertiary/aromatic N) is 3. The Hall–Kier alpha value is -2.41. The molecule has 0 atom stereocenters. The number of benzene rings is 1. The Morgan fingerprint density at radius 1 is 1.29 bits per heavy atom. The van der Waals surface area contributed by atoms with Gasteiger partial charge in [0.2, 0.25) is 0 Å². The molecule has 0 fully saturated rings. The van der Waals surface area contributed by atoms with Gasteiger partial charge in [-0.25, -0.2) is 0 Å². The Morgan fingerprint density at radius 3 is 2.81 bits per heavy atom. The van der Waals surface area contributed by atoms with Crippen LogP contribution in [0, 0.1) is 0 Å². The van der Waals surface area contributed by atoms with Crippen LogP contribution in [0.25, 0.3) is 0 Å². The lowest BCUT2D eigenvalue weighted by molar-refractivity contribution is 0.102. The Morgan fingerprint density at radius 2 is 2.10 bits per heavy atom. The topological polar surface area (TPSA) is 75.6 Å². The molecule has 0 aliphatic carbocycles. The van der Waals surface area contributed by atoms with Gasteiger partial charge in [0.25, 0.3) is 5.91 Å². The van der Waals surface area contributed by atoms with Crippen LogP contribution in [0.2, 0.25) is 0 Å². The molecule has 0 bridgehead atoms. The van der Waals surface area contributed by atoms with E-state index in [1.165, 1.54) is 6.20 Å². The summed E-state index contributed by atoms with van der Waals surface area (Å²) in [6.07, 6.45) is 3.35. The molecule has 1 amide bonds. The number of rotatable bonds is 4. The second kappa shape index (κ2) is 5.92. The maximum absolute atomic E-state index is 12.0. The Labute approximate surface area is 129 Å². The lowest BCUT2D eigenvalue weighted by atomic mass is 10.2. The average molecular weight is 346 g/mol. The number of nitrogens with one attached hydrogen (secondary N) is 2.